The minimum Gasteiger partial charge on any atom is -0.384 e. The number of benzene rings is 1. The number of methoxy groups -OCH3 is 1. The van der Waals surface area contributed by atoms with E-state index in [1.54, 1.807) is 7.11 Å². The Morgan fingerprint density at radius 2 is 2.15 bits per heavy atom. The van der Waals surface area contributed by atoms with Gasteiger partial charge in [-0.2, -0.15) is 0 Å². The van der Waals surface area contributed by atoms with Gasteiger partial charge in [-0.3, -0.25) is 0 Å². The highest BCUT2D eigenvalue weighted by molar-refractivity contribution is 6.31. The quantitative estimate of drug-likeness (QED) is 0.806. The van der Waals surface area contributed by atoms with Gasteiger partial charge in [0.2, 0.25) is 0 Å². The number of halogens is 1. The van der Waals surface area contributed by atoms with E-state index in [1.807, 2.05) is 24.3 Å². The third-order valence-electron chi connectivity index (χ3n) is 2.00. The zero-order chi connectivity index (χ0) is 9.68. The van der Waals surface area contributed by atoms with Gasteiger partial charge in [0.05, 0.1) is 6.61 Å². The van der Waals surface area contributed by atoms with E-state index in [0.717, 1.165) is 10.6 Å². The van der Waals surface area contributed by atoms with Crippen molar-refractivity contribution in [2.24, 2.45) is 5.73 Å². The summed E-state index contributed by atoms with van der Waals surface area (Å²) in [5.41, 5.74) is 6.68. The summed E-state index contributed by atoms with van der Waals surface area (Å²) in [4.78, 5) is 0. The predicted octanol–water partition coefficient (Wildman–Crippen LogP) is 2.03. The summed E-state index contributed by atoms with van der Waals surface area (Å²) in [6.07, 6.45) is 0. The molecule has 72 valence electrons. The van der Waals surface area contributed by atoms with E-state index in [-0.39, 0.29) is 5.92 Å². The second kappa shape index (κ2) is 5.22. The van der Waals surface area contributed by atoms with Crippen molar-refractivity contribution in [2.75, 3.05) is 20.3 Å². The van der Waals surface area contributed by atoms with Gasteiger partial charge in [0.1, 0.15) is 0 Å². The minimum atomic E-state index is 0.193. The smallest absolute Gasteiger partial charge is 0.0543 e. The summed E-state index contributed by atoms with van der Waals surface area (Å²) in [5, 5.41) is 0.759. The molecule has 0 amide bonds. The second-order valence-electron chi connectivity index (χ2n) is 2.91. The van der Waals surface area contributed by atoms with E-state index < -0.39 is 0 Å². The summed E-state index contributed by atoms with van der Waals surface area (Å²) in [6.45, 7) is 1.16. The van der Waals surface area contributed by atoms with Crippen molar-refractivity contribution >= 4 is 11.6 Å². The van der Waals surface area contributed by atoms with Crippen LogP contribution in [0.25, 0.3) is 0 Å². The first kappa shape index (κ1) is 10.5. The van der Waals surface area contributed by atoms with E-state index in [2.05, 4.69) is 0 Å². The van der Waals surface area contributed by atoms with Crippen LogP contribution in [-0.2, 0) is 4.74 Å². The van der Waals surface area contributed by atoms with Crippen LogP contribution < -0.4 is 5.73 Å². The summed E-state index contributed by atoms with van der Waals surface area (Å²) < 4.78 is 5.07. The van der Waals surface area contributed by atoms with Gasteiger partial charge in [0.25, 0.3) is 0 Å². The summed E-state index contributed by atoms with van der Waals surface area (Å²) in [6, 6.07) is 7.72. The standard InChI is InChI=1S/C10H14ClNO/c1-13-7-8(6-12)9-4-2-3-5-10(9)11/h2-5,8H,6-7,12H2,1H3. The van der Waals surface area contributed by atoms with Crippen molar-refractivity contribution in [1.29, 1.82) is 0 Å². The fourth-order valence-electron chi connectivity index (χ4n) is 1.29. The summed E-state index contributed by atoms with van der Waals surface area (Å²) >= 11 is 6.02. The maximum Gasteiger partial charge on any atom is 0.0543 e. The number of nitrogens with two attached hydrogens (primary N) is 1. The Morgan fingerprint density at radius 3 is 2.69 bits per heavy atom. The molecule has 0 aliphatic carbocycles. The van der Waals surface area contributed by atoms with Crippen LogP contribution in [0.5, 0.6) is 0 Å². The molecule has 0 saturated heterocycles. The van der Waals surface area contributed by atoms with E-state index in [9.17, 15) is 0 Å². The molecule has 13 heavy (non-hydrogen) atoms. The first-order valence-electron chi connectivity index (χ1n) is 4.23. The SMILES string of the molecule is COCC(CN)c1ccccc1Cl. The monoisotopic (exact) mass is 199 g/mol. The molecule has 1 atom stereocenters. The fraction of sp³-hybridized carbons (Fsp3) is 0.400. The molecule has 0 aliphatic rings. The molecule has 0 fully saturated rings. The average molecular weight is 200 g/mol. The maximum absolute atomic E-state index is 6.02. The Hall–Kier alpha value is -0.570. The Morgan fingerprint density at radius 1 is 1.46 bits per heavy atom. The molecule has 0 aromatic heterocycles. The van der Waals surface area contributed by atoms with Gasteiger partial charge in [0.15, 0.2) is 0 Å². The van der Waals surface area contributed by atoms with Crippen LogP contribution in [0.3, 0.4) is 0 Å². The predicted molar refractivity (Wildman–Crippen MR) is 55.1 cm³/mol. The molecule has 1 aromatic carbocycles. The first-order chi connectivity index (χ1) is 6.29. The third kappa shape index (κ3) is 2.69. The van der Waals surface area contributed by atoms with Gasteiger partial charge in [-0.25, -0.2) is 0 Å². The van der Waals surface area contributed by atoms with Gasteiger partial charge in [-0.15, -0.1) is 0 Å². The highest BCUT2D eigenvalue weighted by atomic mass is 35.5. The minimum absolute atomic E-state index is 0.193. The third-order valence-corrected chi connectivity index (χ3v) is 2.34. The van der Waals surface area contributed by atoms with Gasteiger partial charge >= 0.3 is 0 Å². The maximum atomic E-state index is 6.02. The van der Waals surface area contributed by atoms with Crippen molar-refractivity contribution < 1.29 is 4.74 Å². The highest BCUT2D eigenvalue weighted by Gasteiger charge is 2.11. The van der Waals surface area contributed by atoms with Gasteiger partial charge < -0.3 is 10.5 Å². The van der Waals surface area contributed by atoms with Crippen LogP contribution >= 0.6 is 11.6 Å². The van der Waals surface area contributed by atoms with Crippen LogP contribution in [0.15, 0.2) is 24.3 Å². The fourth-order valence-corrected chi connectivity index (χ4v) is 1.58. The second-order valence-corrected chi connectivity index (χ2v) is 3.32. The lowest BCUT2D eigenvalue weighted by molar-refractivity contribution is 0.181. The van der Waals surface area contributed by atoms with Crippen molar-refractivity contribution in [2.45, 2.75) is 5.92 Å². The number of rotatable bonds is 4. The zero-order valence-electron chi connectivity index (χ0n) is 7.66. The molecule has 2 N–H and O–H groups in total. The molecule has 0 spiro atoms. The van der Waals surface area contributed by atoms with Crippen LogP contribution in [-0.4, -0.2) is 20.3 Å². The molecule has 1 unspecified atom stereocenters. The molecule has 3 heteroatoms. The van der Waals surface area contributed by atoms with Crippen LogP contribution in [0.1, 0.15) is 11.5 Å². The van der Waals surface area contributed by atoms with Gasteiger partial charge in [0, 0.05) is 24.6 Å². The highest BCUT2D eigenvalue weighted by Crippen LogP contribution is 2.23. The van der Waals surface area contributed by atoms with Crippen LogP contribution in [0, 0.1) is 0 Å². The topological polar surface area (TPSA) is 35.2 Å². The van der Waals surface area contributed by atoms with Gasteiger partial charge in [-0.05, 0) is 11.6 Å². The van der Waals surface area contributed by atoms with Crippen molar-refractivity contribution in [3.8, 4) is 0 Å². The molecule has 0 radical (unpaired) electrons. The molecule has 1 rings (SSSR count). The molecule has 0 aliphatic heterocycles. The lowest BCUT2D eigenvalue weighted by Gasteiger charge is -2.15. The normalized spacial score (nSPS) is 12.8. The number of hydrogen-bond donors (Lipinski definition) is 1. The summed E-state index contributed by atoms with van der Waals surface area (Å²) in [5.74, 6) is 0.193. The molecule has 0 bridgehead atoms. The lowest BCUT2D eigenvalue weighted by atomic mass is 10.0. The van der Waals surface area contributed by atoms with E-state index in [0.29, 0.717) is 13.2 Å². The molecule has 0 heterocycles. The summed E-state index contributed by atoms with van der Waals surface area (Å²) in [7, 11) is 1.67. The number of ether oxygens (including phenoxy) is 1. The number of hydrogen-bond acceptors (Lipinski definition) is 2. The Kier molecular flexibility index (Phi) is 4.22. The molecule has 1 aromatic rings. The Bertz CT molecular complexity index is 265. The van der Waals surface area contributed by atoms with Crippen LogP contribution in [0.2, 0.25) is 5.02 Å². The molecule has 0 saturated carbocycles. The van der Waals surface area contributed by atoms with Crippen molar-refractivity contribution in [3.63, 3.8) is 0 Å². The molecular weight excluding hydrogens is 186 g/mol. The zero-order valence-corrected chi connectivity index (χ0v) is 8.42. The first-order valence-corrected chi connectivity index (χ1v) is 4.60. The van der Waals surface area contributed by atoms with E-state index in [4.69, 9.17) is 22.1 Å². The lowest BCUT2D eigenvalue weighted by Crippen LogP contribution is -2.17. The largest absolute Gasteiger partial charge is 0.384 e. The average Bonchev–Trinajstić information content (AvgIpc) is 2.16. The van der Waals surface area contributed by atoms with Gasteiger partial charge in [-0.1, -0.05) is 29.8 Å². The Labute approximate surface area is 83.6 Å². The Balaban J connectivity index is 2.84. The van der Waals surface area contributed by atoms with Crippen molar-refractivity contribution in [1.82, 2.24) is 0 Å². The molecule has 2 nitrogen and oxygen atoms in total. The molecular formula is C10H14ClNO. The van der Waals surface area contributed by atoms with Crippen LogP contribution in [0.4, 0.5) is 0 Å². The van der Waals surface area contributed by atoms with Crippen molar-refractivity contribution in [3.05, 3.63) is 34.9 Å². The van der Waals surface area contributed by atoms with E-state index >= 15 is 0 Å². The van der Waals surface area contributed by atoms with E-state index in [1.165, 1.54) is 0 Å².